The Balaban J connectivity index is 2.87. The first-order valence-corrected chi connectivity index (χ1v) is 5.93. The number of nitrogens with zero attached hydrogens (tertiary/aromatic N) is 2. The van der Waals surface area contributed by atoms with E-state index in [1.165, 1.54) is 11.3 Å². The van der Waals surface area contributed by atoms with Crippen LogP contribution in [0.2, 0.25) is 0 Å². The number of rotatable bonds is 5. The predicted molar refractivity (Wildman–Crippen MR) is 61.8 cm³/mol. The molecule has 0 aliphatic carbocycles. The van der Waals surface area contributed by atoms with Crippen LogP contribution in [0.25, 0.3) is 0 Å². The molecule has 84 valence electrons. The van der Waals surface area contributed by atoms with Crippen molar-refractivity contribution in [1.82, 2.24) is 4.98 Å². The fraction of sp³-hybridized carbons (Fsp3) is 0.600. The first kappa shape index (κ1) is 12.0. The molecule has 1 aromatic rings. The van der Waals surface area contributed by atoms with Crippen LogP contribution >= 0.6 is 11.3 Å². The molecule has 1 unspecified atom stereocenters. The molecule has 0 spiro atoms. The van der Waals surface area contributed by atoms with E-state index in [2.05, 4.69) is 23.7 Å². The molecular weight excluding hydrogens is 212 g/mol. The average Bonchev–Trinajstić information content (AvgIpc) is 2.68. The zero-order chi connectivity index (χ0) is 11.4. The van der Waals surface area contributed by atoms with Crippen LogP contribution in [0.1, 0.15) is 37.7 Å². The van der Waals surface area contributed by atoms with Gasteiger partial charge in [-0.1, -0.05) is 6.92 Å². The Labute approximate surface area is 93.6 Å². The molecule has 4 nitrogen and oxygen atoms in total. The molecule has 0 fully saturated rings. The molecule has 0 aliphatic heterocycles. The smallest absolute Gasteiger partial charge is 0.355 e. The molecular formula is C10H16N2O2S. The molecule has 15 heavy (non-hydrogen) atoms. The summed E-state index contributed by atoms with van der Waals surface area (Å²) in [4.78, 5) is 16.9. The van der Waals surface area contributed by atoms with Gasteiger partial charge in [0.25, 0.3) is 0 Å². The second kappa shape index (κ2) is 5.11. The standard InChI is InChI=1S/C10H16N2O2S/c1-4-7(3)12(5-2)10-11-8(6-15-10)9(13)14/h6-7H,4-5H2,1-3H3,(H,13,14). The summed E-state index contributed by atoms with van der Waals surface area (Å²) in [5, 5.41) is 11.2. The van der Waals surface area contributed by atoms with Gasteiger partial charge in [0, 0.05) is 18.0 Å². The van der Waals surface area contributed by atoms with E-state index in [0.29, 0.717) is 6.04 Å². The molecule has 0 radical (unpaired) electrons. The number of carboxylic acids is 1. The van der Waals surface area contributed by atoms with Crippen molar-refractivity contribution < 1.29 is 9.90 Å². The number of hydrogen-bond donors (Lipinski definition) is 1. The molecule has 1 N–H and O–H groups in total. The SMILES string of the molecule is CCC(C)N(CC)c1nc(C(=O)O)cs1. The van der Waals surface area contributed by atoms with E-state index in [1.54, 1.807) is 5.38 Å². The van der Waals surface area contributed by atoms with Crippen LogP contribution in [-0.4, -0.2) is 28.6 Å². The lowest BCUT2D eigenvalue weighted by Gasteiger charge is -2.26. The number of carboxylic acid groups (broad SMARTS) is 1. The van der Waals surface area contributed by atoms with E-state index in [4.69, 9.17) is 5.11 Å². The van der Waals surface area contributed by atoms with Crippen LogP contribution in [0, 0.1) is 0 Å². The highest BCUT2D eigenvalue weighted by Gasteiger charge is 2.16. The third kappa shape index (κ3) is 2.68. The van der Waals surface area contributed by atoms with Crippen molar-refractivity contribution >= 4 is 22.4 Å². The van der Waals surface area contributed by atoms with E-state index in [9.17, 15) is 4.79 Å². The zero-order valence-corrected chi connectivity index (χ0v) is 10.0. The van der Waals surface area contributed by atoms with Crippen LogP contribution in [0.5, 0.6) is 0 Å². The maximum absolute atomic E-state index is 10.7. The average molecular weight is 228 g/mol. The zero-order valence-electron chi connectivity index (χ0n) is 9.23. The van der Waals surface area contributed by atoms with Crippen molar-refractivity contribution in [3.8, 4) is 0 Å². The van der Waals surface area contributed by atoms with Gasteiger partial charge in [-0.3, -0.25) is 0 Å². The normalized spacial score (nSPS) is 12.5. The first-order chi connectivity index (χ1) is 7.10. The fourth-order valence-electron chi connectivity index (χ4n) is 1.35. The summed E-state index contributed by atoms with van der Waals surface area (Å²) in [6.07, 6.45) is 1.02. The quantitative estimate of drug-likeness (QED) is 0.841. The summed E-state index contributed by atoms with van der Waals surface area (Å²) in [5.74, 6) is -0.960. The Morgan fingerprint density at radius 2 is 2.33 bits per heavy atom. The van der Waals surface area contributed by atoms with Gasteiger partial charge in [-0.2, -0.15) is 0 Å². The Hall–Kier alpha value is -1.10. The van der Waals surface area contributed by atoms with Crippen LogP contribution in [0.15, 0.2) is 5.38 Å². The summed E-state index contributed by atoms with van der Waals surface area (Å²) in [5.41, 5.74) is 0.136. The van der Waals surface area contributed by atoms with Gasteiger partial charge < -0.3 is 10.0 Å². The number of carbonyl (C=O) groups is 1. The molecule has 1 aromatic heterocycles. The van der Waals surface area contributed by atoms with E-state index >= 15 is 0 Å². The van der Waals surface area contributed by atoms with E-state index in [0.717, 1.165) is 18.1 Å². The van der Waals surface area contributed by atoms with Crippen molar-refractivity contribution in [1.29, 1.82) is 0 Å². The summed E-state index contributed by atoms with van der Waals surface area (Å²) < 4.78 is 0. The molecule has 5 heteroatoms. The predicted octanol–water partition coefficient (Wildman–Crippen LogP) is 2.47. The summed E-state index contributed by atoms with van der Waals surface area (Å²) >= 11 is 1.39. The lowest BCUT2D eigenvalue weighted by molar-refractivity contribution is 0.0691. The van der Waals surface area contributed by atoms with Crippen molar-refractivity contribution in [3.63, 3.8) is 0 Å². The van der Waals surface area contributed by atoms with Gasteiger partial charge in [0.1, 0.15) is 0 Å². The highest BCUT2D eigenvalue weighted by atomic mass is 32.1. The monoisotopic (exact) mass is 228 g/mol. The second-order valence-corrected chi connectivity index (χ2v) is 4.20. The van der Waals surface area contributed by atoms with Crippen molar-refractivity contribution in [2.24, 2.45) is 0 Å². The lowest BCUT2D eigenvalue weighted by Crippen LogP contribution is -2.32. The van der Waals surface area contributed by atoms with Crippen molar-refractivity contribution in [2.45, 2.75) is 33.2 Å². The van der Waals surface area contributed by atoms with Crippen molar-refractivity contribution in [3.05, 3.63) is 11.1 Å². The number of aromatic carboxylic acids is 1. The summed E-state index contributed by atoms with van der Waals surface area (Å²) in [6.45, 7) is 7.12. The molecule has 1 rings (SSSR count). The topological polar surface area (TPSA) is 53.4 Å². The first-order valence-electron chi connectivity index (χ1n) is 5.05. The molecule has 1 atom stereocenters. The Morgan fingerprint density at radius 3 is 2.73 bits per heavy atom. The fourth-order valence-corrected chi connectivity index (χ4v) is 2.32. The second-order valence-electron chi connectivity index (χ2n) is 3.36. The Morgan fingerprint density at radius 1 is 1.67 bits per heavy atom. The number of anilines is 1. The van der Waals surface area contributed by atoms with Crippen molar-refractivity contribution in [2.75, 3.05) is 11.4 Å². The van der Waals surface area contributed by atoms with Gasteiger partial charge in [-0.25, -0.2) is 9.78 Å². The van der Waals surface area contributed by atoms with E-state index < -0.39 is 5.97 Å². The van der Waals surface area contributed by atoms with Crippen LogP contribution in [0.4, 0.5) is 5.13 Å². The van der Waals surface area contributed by atoms with Gasteiger partial charge >= 0.3 is 5.97 Å². The van der Waals surface area contributed by atoms with E-state index in [-0.39, 0.29) is 5.69 Å². The van der Waals surface area contributed by atoms with Gasteiger partial charge in [-0.15, -0.1) is 11.3 Å². The third-order valence-electron chi connectivity index (χ3n) is 2.42. The third-order valence-corrected chi connectivity index (χ3v) is 3.30. The van der Waals surface area contributed by atoms with Gasteiger partial charge in [0.05, 0.1) is 0 Å². The molecule has 1 heterocycles. The van der Waals surface area contributed by atoms with Crippen LogP contribution in [0.3, 0.4) is 0 Å². The highest BCUT2D eigenvalue weighted by Crippen LogP contribution is 2.23. The van der Waals surface area contributed by atoms with E-state index in [1.807, 2.05) is 6.92 Å². The molecule has 0 saturated carbocycles. The van der Waals surface area contributed by atoms with Crippen LogP contribution < -0.4 is 4.90 Å². The highest BCUT2D eigenvalue weighted by molar-refractivity contribution is 7.13. The number of aromatic nitrogens is 1. The Bertz CT molecular complexity index is 338. The van der Waals surface area contributed by atoms with Gasteiger partial charge in [0.2, 0.25) is 0 Å². The molecule has 0 saturated heterocycles. The van der Waals surface area contributed by atoms with Crippen LogP contribution in [-0.2, 0) is 0 Å². The minimum absolute atomic E-state index is 0.136. The minimum Gasteiger partial charge on any atom is -0.476 e. The maximum atomic E-state index is 10.7. The lowest BCUT2D eigenvalue weighted by atomic mass is 10.2. The summed E-state index contributed by atoms with van der Waals surface area (Å²) in [7, 11) is 0. The molecule has 0 aliphatic rings. The molecule has 0 aromatic carbocycles. The molecule has 0 amide bonds. The van der Waals surface area contributed by atoms with Gasteiger partial charge in [-0.05, 0) is 20.3 Å². The maximum Gasteiger partial charge on any atom is 0.355 e. The minimum atomic E-state index is -0.960. The largest absolute Gasteiger partial charge is 0.476 e. The Kier molecular flexibility index (Phi) is 4.08. The molecule has 0 bridgehead atoms. The number of hydrogen-bond acceptors (Lipinski definition) is 4. The number of thiazole rings is 1. The van der Waals surface area contributed by atoms with Gasteiger partial charge in [0.15, 0.2) is 10.8 Å². The summed E-state index contributed by atoms with van der Waals surface area (Å²) in [6, 6.07) is 0.391.